The Kier molecular flexibility index (Phi) is 3.30. The highest BCUT2D eigenvalue weighted by molar-refractivity contribution is 6.11. The summed E-state index contributed by atoms with van der Waals surface area (Å²) in [5.74, 6) is 0.806. The molecule has 136 valence electrons. The number of piperazine rings is 1. The van der Waals surface area contributed by atoms with Crippen molar-refractivity contribution in [3.05, 3.63) is 58.7 Å². The minimum absolute atomic E-state index is 0.123. The van der Waals surface area contributed by atoms with Crippen molar-refractivity contribution in [3.63, 3.8) is 0 Å². The predicted molar refractivity (Wildman–Crippen MR) is 96.2 cm³/mol. The molecule has 4 heterocycles. The summed E-state index contributed by atoms with van der Waals surface area (Å²) < 4.78 is 1.77. The predicted octanol–water partition coefficient (Wildman–Crippen LogP) is 0.519. The van der Waals surface area contributed by atoms with Crippen molar-refractivity contribution in [3.8, 4) is 0 Å². The minimum atomic E-state index is -0.523. The molecule has 1 aromatic carbocycles. The Morgan fingerprint density at radius 2 is 2.07 bits per heavy atom. The van der Waals surface area contributed by atoms with Gasteiger partial charge in [0.05, 0.1) is 18.3 Å². The van der Waals surface area contributed by atoms with Gasteiger partial charge in [0.25, 0.3) is 5.91 Å². The zero-order valence-electron chi connectivity index (χ0n) is 14.8. The topological polar surface area (TPSA) is 104 Å². The summed E-state index contributed by atoms with van der Waals surface area (Å²) in [4.78, 5) is 27.6. The average molecular weight is 362 g/mol. The summed E-state index contributed by atoms with van der Waals surface area (Å²) in [6.07, 6.45) is 2.06. The molecule has 27 heavy (non-hydrogen) atoms. The van der Waals surface area contributed by atoms with E-state index in [2.05, 4.69) is 15.5 Å². The third kappa shape index (κ3) is 2.26. The zero-order chi connectivity index (χ0) is 18.7. The number of hydrogen-bond acceptors (Lipinski definition) is 5. The van der Waals surface area contributed by atoms with E-state index in [1.54, 1.807) is 22.5 Å². The smallest absolute Gasteiger partial charge is 0.252 e. The van der Waals surface area contributed by atoms with Crippen LogP contribution in [0.3, 0.4) is 0 Å². The van der Waals surface area contributed by atoms with Crippen molar-refractivity contribution in [2.75, 3.05) is 6.54 Å². The van der Waals surface area contributed by atoms with E-state index in [-0.39, 0.29) is 23.6 Å². The van der Waals surface area contributed by atoms with Crippen molar-refractivity contribution >= 4 is 17.5 Å². The van der Waals surface area contributed by atoms with Gasteiger partial charge >= 0.3 is 0 Å². The van der Waals surface area contributed by atoms with Crippen molar-refractivity contribution in [2.45, 2.75) is 32.0 Å². The maximum atomic E-state index is 13.4. The number of carbonyl (C=O) groups excluding carboxylic acids is 2. The van der Waals surface area contributed by atoms with E-state index in [4.69, 9.17) is 5.41 Å². The summed E-state index contributed by atoms with van der Waals surface area (Å²) in [6, 6.07) is 7.25. The molecule has 1 fully saturated rings. The van der Waals surface area contributed by atoms with Crippen molar-refractivity contribution < 1.29 is 9.59 Å². The van der Waals surface area contributed by atoms with Gasteiger partial charge in [0.15, 0.2) is 5.82 Å². The molecule has 1 saturated heterocycles. The van der Waals surface area contributed by atoms with Crippen LogP contribution in [0.5, 0.6) is 0 Å². The molecule has 0 aliphatic carbocycles. The Morgan fingerprint density at radius 3 is 2.93 bits per heavy atom. The molecule has 5 rings (SSSR count). The van der Waals surface area contributed by atoms with E-state index < -0.39 is 6.04 Å². The number of aryl methyl sites for hydroxylation is 1. The summed E-state index contributed by atoms with van der Waals surface area (Å²) in [5, 5.41) is 19.1. The van der Waals surface area contributed by atoms with Gasteiger partial charge in [-0.1, -0.05) is 24.3 Å². The van der Waals surface area contributed by atoms with Crippen LogP contribution in [0.25, 0.3) is 0 Å². The van der Waals surface area contributed by atoms with Crippen LogP contribution in [-0.2, 0) is 22.6 Å². The van der Waals surface area contributed by atoms with Crippen LogP contribution in [0.4, 0.5) is 0 Å². The maximum Gasteiger partial charge on any atom is 0.252 e. The second-order valence-corrected chi connectivity index (χ2v) is 7.13. The molecule has 0 spiro atoms. The fourth-order valence-electron chi connectivity index (χ4n) is 4.26. The number of amides is 2. The van der Waals surface area contributed by atoms with E-state index in [1.165, 1.54) is 0 Å². The molecule has 2 N–H and O–H groups in total. The first kappa shape index (κ1) is 15.9. The first-order valence-electron chi connectivity index (χ1n) is 8.92. The highest BCUT2D eigenvalue weighted by Gasteiger charge is 2.45. The van der Waals surface area contributed by atoms with Crippen LogP contribution in [0.1, 0.15) is 28.8 Å². The fraction of sp³-hybridized carbons (Fsp3) is 0.316. The van der Waals surface area contributed by atoms with E-state index in [1.807, 2.05) is 24.3 Å². The Hall–Kier alpha value is -3.29. The summed E-state index contributed by atoms with van der Waals surface area (Å²) in [6.45, 7) is 2.52. The number of benzene rings is 1. The normalized spacial score (nSPS) is 23.3. The van der Waals surface area contributed by atoms with Crippen molar-refractivity contribution in [2.24, 2.45) is 0 Å². The summed E-state index contributed by atoms with van der Waals surface area (Å²) in [7, 11) is 0. The Balaban J connectivity index is 1.54. The number of fused-ring (bicyclic) bond motifs is 5. The number of hydrogen-bond donors (Lipinski definition) is 2. The molecule has 8 nitrogen and oxygen atoms in total. The SMILES string of the molecule is Cc1nnc2n1CC(C(=O)N1[C@H]3Cc4ccccc4[C@@H]1CNC3=O)=CC2=N. The Labute approximate surface area is 155 Å². The van der Waals surface area contributed by atoms with Crippen LogP contribution in [0.15, 0.2) is 35.9 Å². The number of nitrogens with one attached hydrogen (secondary N) is 2. The number of aromatic nitrogens is 3. The molecule has 3 aliphatic rings. The largest absolute Gasteiger partial charge is 0.352 e. The highest BCUT2D eigenvalue weighted by Crippen LogP contribution is 2.36. The summed E-state index contributed by atoms with van der Waals surface area (Å²) >= 11 is 0. The lowest BCUT2D eigenvalue weighted by atomic mass is 9.84. The second kappa shape index (κ2) is 5.60. The molecule has 0 unspecified atom stereocenters. The maximum absolute atomic E-state index is 13.4. The molecular weight excluding hydrogens is 344 g/mol. The first-order chi connectivity index (χ1) is 13.0. The molecule has 2 amide bonds. The summed E-state index contributed by atoms with van der Waals surface area (Å²) in [5.41, 5.74) is 2.85. The molecule has 2 aromatic rings. The zero-order valence-corrected chi connectivity index (χ0v) is 14.8. The van der Waals surface area contributed by atoms with Gasteiger partial charge in [-0.15, -0.1) is 10.2 Å². The molecule has 8 heteroatoms. The molecule has 3 aliphatic heterocycles. The Bertz CT molecular complexity index is 1040. The van der Waals surface area contributed by atoms with E-state index in [9.17, 15) is 9.59 Å². The van der Waals surface area contributed by atoms with Gasteiger partial charge in [-0.3, -0.25) is 15.0 Å². The van der Waals surface area contributed by atoms with Crippen LogP contribution < -0.4 is 5.32 Å². The lowest BCUT2D eigenvalue weighted by molar-refractivity contribution is -0.145. The highest BCUT2D eigenvalue weighted by atomic mass is 16.2. The van der Waals surface area contributed by atoms with Crippen molar-refractivity contribution in [1.82, 2.24) is 25.0 Å². The van der Waals surface area contributed by atoms with E-state index in [0.717, 1.165) is 11.1 Å². The standard InChI is InChI=1S/C19H18N6O2/c1-10-22-23-17-14(20)6-12(9-24(10)17)19(27)25-15-7-11-4-2-3-5-13(11)16(25)8-21-18(15)26/h2-6,15-16,20H,7-9H2,1H3,(H,21,26)/t15-,16-/m0/s1. The van der Waals surface area contributed by atoms with Crippen molar-refractivity contribution in [1.29, 1.82) is 5.41 Å². The van der Waals surface area contributed by atoms with Gasteiger partial charge in [-0.25, -0.2) is 0 Å². The van der Waals surface area contributed by atoms with E-state index in [0.29, 0.717) is 36.7 Å². The van der Waals surface area contributed by atoms with Gasteiger partial charge in [0.1, 0.15) is 11.9 Å². The molecule has 2 atom stereocenters. The molecule has 2 bridgehead atoms. The molecule has 0 radical (unpaired) electrons. The third-order valence-corrected chi connectivity index (χ3v) is 5.60. The molecular formula is C19H18N6O2. The van der Waals surface area contributed by atoms with Crippen LogP contribution >= 0.6 is 0 Å². The third-order valence-electron chi connectivity index (χ3n) is 5.60. The number of carbonyl (C=O) groups is 2. The van der Waals surface area contributed by atoms with E-state index >= 15 is 0 Å². The average Bonchev–Trinajstić information content (AvgIpc) is 3.05. The van der Waals surface area contributed by atoms with Gasteiger partial charge in [0, 0.05) is 18.5 Å². The quantitative estimate of drug-likeness (QED) is 0.772. The number of allylic oxidation sites excluding steroid dienone is 1. The molecule has 0 saturated carbocycles. The van der Waals surface area contributed by atoms with Gasteiger partial charge < -0.3 is 14.8 Å². The second-order valence-electron chi connectivity index (χ2n) is 7.13. The van der Waals surface area contributed by atoms with Crippen LogP contribution in [0.2, 0.25) is 0 Å². The van der Waals surface area contributed by atoms with Crippen LogP contribution in [0, 0.1) is 12.3 Å². The first-order valence-corrected chi connectivity index (χ1v) is 8.92. The molecule has 1 aromatic heterocycles. The van der Waals surface area contributed by atoms with Gasteiger partial charge in [-0.05, 0) is 24.1 Å². The number of nitrogens with zero attached hydrogens (tertiary/aromatic N) is 4. The lowest BCUT2D eigenvalue weighted by Gasteiger charge is -2.46. The van der Waals surface area contributed by atoms with Crippen LogP contribution in [-0.4, -0.2) is 49.8 Å². The number of rotatable bonds is 1. The monoisotopic (exact) mass is 362 g/mol. The fourth-order valence-corrected chi connectivity index (χ4v) is 4.26. The van der Waals surface area contributed by atoms with Gasteiger partial charge in [0.2, 0.25) is 5.91 Å². The van der Waals surface area contributed by atoms with Gasteiger partial charge in [-0.2, -0.15) is 0 Å². The minimum Gasteiger partial charge on any atom is -0.352 e. The Morgan fingerprint density at radius 1 is 1.26 bits per heavy atom. The lowest BCUT2D eigenvalue weighted by Crippen LogP contribution is -2.62.